The Morgan fingerprint density at radius 3 is 2.94 bits per heavy atom. The van der Waals surface area contributed by atoms with Gasteiger partial charge in [0.15, 0.2) is 0 Å². The van der Waals surface area contributed by atoms with Crippen molar-refractivity contribution in [3.63, 3.8) is 0 Å². The van der Waals surface area contributed by atoms with Gasteiger partial charge in [0.2, 0.25) is 0 Å². The summed E-state index contributed by atoms with van der Waals surface area (Å²) in [6.45, 7) is 4.68. The lowest BCUT2D eigenvalue weighted by Crippen LogP contribution is -2.13. The van der Waals surface area contributed by atoms with Crippen molar-refractivity contribution in [1.82, 2.24) is 5.32 Å². The first-order chi connectivity index (χ1) is 8.81. The Morgan fingerprint density at radius 1 is 1.44 bits per heavy atom. The molecular formula is C14H20N2OS. The van der Waals surface area contributed by atoms with Crippen LogP contribution in [-0.4, -0.2) is 26.0 Å². The molecule has 0 aliphatic heterocycles. The smallest absolute Gasteiger partial charge is 0.100 e. The normalized spacial score (nSPS) is 10.3. The van der Waals surface area contributed by atoms with Crippen molar-refractivity contribution < 1.29 is 4.74 Å². The van der Waals surface area contributed by atoms with Crippen LogP contribution in [0.3, 0.4) is 0 Å². The van der Waals surface area contributed by atoms with Gasteiger partial charge >= 0.3 is 0 Å². The van der Waals surface area contributed by atoms with E-state index >= 15 is 0 Å². The minimum absolute atomic E-state index is 0.704. The molecule has 0 atom stereocenters. The highest BCUT2D eigenvalue weighted by Gasteiger charge is 2.04. The Balaban J connectivity index is 2.62. The van der Waals surface area contributed by atoms with Crippen LogP contribution in [0, 0.1) is 11.3 Å². The fourth-order valence-corrected chi connectivity index (χ4v) is 2.44. The van der Waals surface area contributed by atoms with E-state index in [0.29, 0.717) is 6.61 Å². The summed E-state index contributed by atoms with van der Waals surface area (Å²) in [6, 6.07) is 8.35. The standard InChI is InChI=1S/C14H20N2OS/c1-3-6-16-11-12-4-5-14(13(9-12)10-15)18-8-7-17-2/h4-5,9,16H,3,6-8,11H2,1-2H3. The molecule has 0 fully saturated rings. The maximum Gasteiger partial charge on any atom is 0.100 e. The molecule has 0 saturated heterocycles. The number of methoxy groups -OCH3 is 1. The number of nitrogens with one attached hydrogen (secondary N) is 1. The van der Waals surface area contributed by atoms with E-state index in [9.17, 15) is 0 Å². The van der Waals surface area contributed by atoms with Gasteiger partial charge in [-0.15, -0.1) is 11.8 Å². The zero-order valence-electron chi connectivity index (χ0n) is 11.0. The van der Waals surface area contributed by atoms with Crippen LogP contribution in [0.2, 0.25) is 0 Å². The highest BCUT2D eigenvalue weighted by atomic mass is 32.2. The van der Waals surface area contributed by atoms with Crippen LogP contribution in [0.4, 0.5) is 0 Å². The number of nitrogens with zero attached hydrogens (tertiary/aromatic N) is 1. The molecule has 0 amide bonds. The molecule has 0 saturated carbocycles. The van der Waals surface area contributed by atoms with Gasteiger partial charge in [-0.2, -0.15) is 5.26 Å². The van der Waals surface area contributed by atoms with Gasteiger partial charge in [-0.1, -0.05) is 13.0 Å². The van der Waals surface area contributed by atoms with E-state index in [0.717, 1.165) is 41.3 Å². The predicted molar refractivity (Wildman–Crippen MR) is 75.8 cm³/mol. The van der Waals surface area contributed by atoms with Crippen molar-refractivity contribution >= 4 is 11.8 Å². The molecule has 1 aromatic carbocycles. The summed E-state index contributed by atoms with van der Waals surface area (Å²) in [4.78, 5) is 1.04. The van der Waals surface area contributed by atoms with Crippen molar-refractivity contribution in [2.24, 2.45) is 0 Å². The molecule has 3 nitrogen and oxygen atoms in total. The maximum absolute atomic E-state index is 9.16. The van der Waals surface area contributed by atoms with Crippen molar-refractivity contribution in [3.05, 3.63) is 29.3 Å². The van der Waals surface area contributed by atoms with Crippen molar-refractivity contribution in [1.29, 1.82) is 5.26 Å². The molecule has 1 rings (SSSR count). The summed E-state index contributed by atoms with van der Waals surface area (Å²) < 4.78 is 5.01. The van der Waals surface area contributed by atoms with E-state index in [2.05, 4.69) is 24.4 Å². The van der Waals surface area contributed by atoms with Crippen LogP contribution in [-0.2, 0) is 11.3 Å². The third-order valence-corrected chi connectivity index (χ3v) is 3.50. The first-order valence-corrected chi connectivity index (χ1v) is 7.15. The van der Waals surface area contributed by atoms with Gasteiger partial charge < -0.3 is 10.1 Å². The molecule has 0 radical (unpaired) electrons. The number of hydrogen-bond acceptors (Lipinski definition) is 4. The third-order valence-electron chi connectivity index (χ3n) is 2.47. The summed E-state index contributed by atoms with van der Waals surface area (Å²) in [5, 5.41) is 12.5. The topological polar surface area (TPSA) is 45.0 Å². The van der Waals surface area contributed by atoms with Gasteiger partial charge in [0.05, 0.1) is 12.2 Å². The van der Waals surface area contributed by atoms with Gasteiger partial charge in [0.25, 0.3) is 0 Å². The number of nitriles is 1. The Hall–Kier alpha value is -1.02. The number of ether oxygens (including phenoxy) is 1. The van der Waals surface area contributed by atoms with E-state index in [4.69, 9.17) is 10.00 Å². The van der Waals surface area contributed by atoms with Crippen LogP contribution < -0.4 is 5.32 Å². The molecule has 0 aliphatic carbocycles. The minimum atomic E-state index is 0.704. The molecule has 98 valence electrons. The second-order valence-electron chi connectivity index (χ2n) is 3.96. The Kier molecular flexibility index (Phi) is 7.51. The van der Waals surface area contributed by atoms with Gasteiger partial charge in [-0.25, -0.2) is 0 Å². The first kappa shape index (κ1) is 15.0. The van der Waals surface area contributed by atoms with E-state index in [1.165, 1.54) is 0 Å². The molecule has 1 aromatic rings. The van der Waals surface area contributed by atoms with Crippen LogP contribution >= 0.6 is 11.8 Å². The average molecular weight is 264 g/mol. The number of thioether (sulfide) groups is 1. The van der Waals surface area contributed by atoms with Crippen LogP contribution in [0.15, 0.2) is 23.1 Å². The zero-order chi connectivity index (χ0) is 13.2. The highest BCUT2D eigenvalue weighted by molar-refractivity contribution is 7.99. The molecule has 0 aromatic heterocycles. The highest BCUT2D eigenvalue weighted by Crippen LogP contribution is 2.23. The van der Waals surface area contributed by atoms with Gasteiger partial charge in [-0.3, -0.25) is 0 Å². The van der Waals surface area contributed by atoms with E-state index < -0.39 is 0 Å². The Morgan fingerprint density at radius 2 is 2.28 bits per heavy atom. The second kappa shape index (κ2) is 8.98. The molecule has 0 spiro atoms. The monoisotopic (exact) mass is 264 g/mol. The van der Waals surface area contributed by atoms with Crippen molar-refractivity contribution in [2.75, 3.05) is 26.0 Å². The summed E-state index contributed by atoms with van der Waals surface area (Å²) in [5.74, 6) is 0.874. The Bertz CT molecular complexity index is 401. The predicted octanol–water partition coefficient (Wildman–Crippen LogP) is 2.80. The molecule has 0 heterocycles. The SMILES string of the molecule is CCCNCc1ccc(SCCOC)c(C#N)c1. The second-order valence-corrected chi connectivity index (χ2v) is 5.10. The van der Waals surface area contributed by atoms with Crippen molar-refractivity contribution in [2.45, 2.75) is 24.8 Å². The van der Waals surface area contributed by atoms with Crippen LogP contribution in [0.1, 0.15) is 24.5 Å². The number of hydrogen-bond donors (Lipinski definition) is 1. The molecular weight excluding hydrogens is 244 g/mol. The summed E-state index contributed by atoms with van der Waals surface area (Å²) in [5.41, 5.74) is 1.92. The van der Waals surface area contributed by atoms with Crippen molar-refractivity contribution in [3.8, 4) is 6.07 Å². The molecule has 0 unspecified atom stereocenters. The lowest BCUT2D eigenvalue weighted by molar-refractivity contribution is 0.218. The lowest BCUT2D eigenvalue weighted by Gasteiger charge is -2.07. The van der Waals surface area contributed by atoms with Crippen LogP contribution in [0.25, 0.3) is 0 Å². The molecule has 0 bridgehead atoms. The molecule has 18 heavy (non-hydrogen) atoms. The zero-order valence-corrected chi connectivity index (χ0v) is 11.8. The summed E-state index contributed by atoms with van der Waals surface area (Å²) >= 11 is 1.67. The maximum atomic E-state index is 9.16. The summed E-state index contributed by atoms with van der Waals surface area (Å²) in [7, 11) is 1.69. The lowest BCUT2D eigenvalue weighted by atomic mass is 10.1. The molecule has 1 N–H and O–H groups in total. The molecule has 0 aliphatic rings. The largest absolute Gasteiger partial charge is 0.384 e. The summed E-state index contributed by atoms with van der Waals surface area (Å²) in [6.07, 6.45) is 1.12. The Labute approximate surface area is 114 Å². The fourth-order valence-electron chi connectivity index (χ4n) is 1.54. The quantitative estimate of drug-likeness (QED) is 0.579. The van der Waals surface area contributed by atoms with E-state index in [1.807, 2.05) is 12.1 Å². The van der Waals surface area contributed by atoms with Crippen LogP contribution in [0.5, 0.6) is 0 Å². The third kappa shape index (κ3) is 5.09. The number of rotatable bonds is 8. The first-order valence-electron chi connectivity index (χ1n) is 6.17. The number of benzene rings is 1. The van der Waals surface area contributed by atoms with Gasteiger partial charge in [0, 0.05) is 24.3 Å². The minimum Gasteiger partial charge on any atom is -0.384 e. The fraction of sp³-hybridized carbons (Fsp3) is 0.500. The molecule has 4 heteroatoms. The van der Waals surface area contributed by atoms with E-state index in [1.54, 1.807) is 18.9 Å². The van der Waals surface area contributed by atoms with E-state index in [-0.39, 0.29) is 0 Å². The van der Waals surface area contributed by atoms with Gasteiger partial charge in [-0.05, 0) is 30.7 Å². The van der Waals surface area contributed by atoms with Gasteiger partial charge in [0.1, 0.15) is 6.07 Å². The average Bonchev–Trinajstić information content (AvgIpc) is 2.40.